The number of hydrogen-bond donors (Lipinski definition) is 1. The number of thiazole rings is 1. The van der Waals surface area contributed by atoms with Crippen LogP contribution in [0.2, 0.25) is 0 Å². The maximum atomic E-state index is 5.36. The van der Waals surface area contributed by atoms with Gasteiger partial charge in [0.15, 0.2) is 0 Å². The summed E-state index contributed by atoms with van der Waals surface area (Å²) in [6, 6.07) is 0.168. The molecule has 0 aliphatic heterocycles. The van der Waals surface area contributed by atoms with E-state index in [1.165, 1.54) is 4.88 Å². The van der Waals surface area contributed by atoms with Crippen molar-refractivity contribution in [3.05, 3.63) is 28.5 Å². The Morgan fingerprint density at radius 1 is 1.45 bits per heavy atom. The third kappa shape index (κ3) is 4.05. The van der Waals surface area contributed by atoms with Gasteiger partial charge in [-0.15, -0.1) is 11.3 Å². The van der Waals surface area contributed by atoms with Crippen LogP contribution >= 0.6 is 11.3 Å². The molecule has 2 aromatic rings. The molecular formula is C14H22N4OS. The fourth-order valence-corrected chi connectivity index (χ4v) is 2.72. The van der Waals surface area contributed by atoms with Crippen molar-refractivity contribution in [1.29, 1.82) is 0 Å². The van der Waals surface area contributed by atoms with Gasteiger partial charge in [-0.3, -0.25) is 0 Å². The first-order valence-electron chi connectivity index (χ1n) is 6.98. The lowest BCUT2D eigenvalue weighted by Gasteiger charge is -2.14. The van der Waals surface area contributed by atoms with E-state index in [9.17, 15) is 0 Å². The number of aromatic nitrogens is 3. The van der Waals surface area contributed by atoms with Crippen molar-refractivity contribution in [2.75, 3.05) is 18.5 Å². The number of nitrogens with zero attached hydrogens (tertiary/aromatic N) is 3. The first-order chi connectivity index (χ1) is 9.70. The first kappa shape index (κ1) is 15.0. The van der Waals surface area contributed by atoms with Crippen LogP contribution in [0.4, 0.5) is 5.95 Å². The highest BCUT2D eigenvalue weighted by Gasteiger charge is 2.12. The number of nitrogens with one attached hydrogen (secondary N) is 1. The molecule has 0 fully saturated rings. The van der Waals surface area contributed by atoms with Crippen LogP contribution in [-0.2, 0) is 11.3 Å². The second-order valence-electron chi connectivity index (χ2n) is 4.67. The lowest BCUT2D eigenvalue weighted by atomic mass is 10.3. The number of aryl methyl sites for hydroxylation is 2. The third-order valence-corrected chi connectivity index (χ3v) is 4.06. The summed E-state index contributed by atoms with van der Waals surface area (Å²) in [6.07, 6.45) is 6.72. The highest BCUT2D eigenvalue weighted by Crippen LogP contribution is 2.22. The van der Waals surface area contributed by atoms with Crippen molar-refractivity contribution in [3.63, 3.8) is 0 Å². The Hall–Kier alpha value is -1.40. The summed E-state index contributed by atoms with van der Waals surface area (Å²) in [5.41, 5.74) is 0. The van der Waals surface area contributed by atoms with Crippen LogP contribution in [0.25, 0.3) is 0 Å². The van der Waals surface area contributed by atoms with Gasteiger partial charge in [-0.25, -0.2) is 9.97 Å². The van der Waals surface area contributed by atoms with Gasteiger partial charge in [0.05, 0.1) is 6.04 Å². The smallest absolute Gasteiger partial charge is 0.203 e. The molecule has 20 heavy (non-hydrogen) atoms. The van der Waals surface area contributed by atoms with E-state index in [0.717, 1.165) is 37.1 Å². The predicted octanol–water partition coefficient (Wildman–Crippen LogP) is 3.25. The second-order valence-corrected chi connectivity index (χ2v) is 5.94. The Bertz CT molecular complexity index is 523. The molecule has 110 valence electrons. The number of rotatable bonds is 8. The SMILES string of the molecule is CCOCCCn1ccnc1NC(C)c1ncc(C)s1. The topological polar surface area (TPSA) is 52.0 Å². The molecule has 2 heterocycles. The summed E-state index contributed by atoms with van der Waals surface area (Å²) in [5, 5.41) is 4.51. The molecule has 0 amide bonds. The highest BCUT2D eigenvalue weighted by atomic mass is 32.1. The molecule has 1 unspecified atom stereocenters. The van der Waals surface area contributed by atoms with E-state index >= 15 is 0 Å². The Labute approximate surface area is 124 Å². The standard InChI is InChI=1S/C14H22N4OS/c1-4-19-9-5-7-18-8-6-15-14(18)17-12(3)13-16-10-11(2)20-13/h6,8,10,12H,4-5,7,9H2,1-3H3,(H,15,17). The number of anilines is 1. The summed E-state index contributed by atoms with van der Waals surface area (Å²) in [6.45, 7) is 8.67. The highest BCUT2D eigenvalue weighted by molar-refractivity contribution is 7.11. The van der Waals surface area contributed by atoms with Crippen LogP contribution in [0.15, 0.2) is 18.6 Å². The van der Waals surface area contributed by atoms with Crippen molar-refractivity contribution in [2.45, 2.75) is 39.8 Å². The molecule has 0 spiro atoms. The molecule has 1 atom stereocenters. The van der Waals surface area contributed by atoms with Gasteiger partial charge in [0.2, 0.25) is 5.95 Å². The predicted molar refractivity (Wildman–Crippen MR) is 82.2 cm³/mol. The summed E-state index contributed by atoms with van der Waals surface area (Å²) in [7, 11) is 0. The van der Waals surface area contributed by atoms with E-state index in [2.05, 4.69) is 33.7 Å². The van der Waals surface area contributed by atoms with Gasteiger partial charge < -0.3 is 14.6 Å². The van der Waals surface area contributed by atoms with Gasteiger partial charge in [-0.1, -0.05) is 0 Å². The van der Waals surface area contributed by atoms with E-state index in [1.54, 1.807) is 11.3 Å². The second kappa shape index (κ2) is 7.40. The van der Waals surface area contributed by atoms with Crippen molar-refractivity contribution in [3.8, 4) is 0 Å². The fourth-order valence-electron chi connectivity index (χ4n) is 1.94. The molecule has 6 heteroatoms. The van der Waals surface area contributed by atoms with E-state index in [4.69, 9.17) is 4.74 Å². The van der Waals surface area contributed by atoms with Crippen LogP contribution in [0, 0.1) is 6.92 Å². The zero-order valence-corrected chi connectivity index (χ0v) is 13.1. The molecule has 0 saturated carbocycles. The summed E-state index contributed by atoms with van der Waals surface area (Å²) in [5.74, 6) is 0.891. The van der Waals surface area contributed by atoms with Gasteiger partial charge in [-0.2, -0.15) is 0 Å². The lowest BCUT2D eigenvalue weighted by Crippen LogP contribution is -2.12. The van der Waals surface area contributed by atoms with Crippen LogP contribution in [-0.4, -0.2) is 27.7 Å². The van der Waals surface area contributed by atoms with Gasteiger partial charge >= 0.3 is 0 Å². The van der Waals surface area contributed by atoms with Gasteiger partial charge in [-0.05, 0) is 27.2 Å². The molecule has 0 aliphatic carbocycles. The Morgan fingerprint density at radius 3 is 3.00 bits per heavy atom. The van der Waals surface area contributed by atoms with Crippen molar-refractivity contribution >= 4 is 17.3 Å². The Balaban J connectivity index is 1.91. The maximum Gasteiger partial charge on any atom is 0.203 e. The normalized spacial score (nSPS) is 12.6. The Morgan fingerprint density at radius 2 is 2.30 bits per heavy atom. The zero-order valence-electron chi connectivity index (χ0n) is 12.3. The maximum absolute atomic E-state index is 5.36. The minimum absolute atomic E-state index is 0.168. The fraction of sp³-hybridized carbons (Fsp3) is 0.571. The minimum Gasteiger partial charge on any atom is -0.382 e. The largest absolute Gasteiger partial charge is 0.382 e. The average Bonchev–Trinajstić information content (AvgIpc) is 3.04. The van der Waals surface area contributed by atoms with E-state index in [1.807, 2.05) is 25.5 Å². The molecule has 0 radical (unpaired) electrons. The molecule has 2 rings (SSSR count). The molecular weight excluding hydrogens is 272 g/mol. The van der Waals surface area contributed by atoms with Crippen LogP contribution in [0.3, 0.4) is 0 Å². The first-order valence-corrected chi connectivity index (χ1v) is 7.80. The lowest BCUT2D eigenvalue weighted by molar-refractivity contribution is 0.142. The van der Waals surface area contributed by atoms with Gasteiger partial charge in [0, 0.05) is 43.2 Å². The summed E-state index contributed by atoms with van der Waals surface area (Å²) in [4.78, 5) is 10.0. The van der Waals surface area contributed by atoms with Gasteiger partial charge in [0.1, 0.15) is 5.01 Å². The molecule has 0 bridgehead atoms. The Kier molecular flexibility index (Phi) is 5.55. The molecule has 0 aliphatic rings. The quantitative estimate of drug-likeness (QED) is 0.759. The number of ether oxygens (including phenoxy) is 1. The molecule has 0 saturated heterocycles. The molecule has 0 aromatic carbocycles. The van der Waals surface area contributed by atoms with Crippen molar-refractivity contribution in [1.82, 2.24) is 14.5 Å². The molecule has 5 nitrogen and oxygen atoms in total. The van der Waals surface area contributed by atoms with Crippen LogP contribution < -0.4 is 5.32 Å². The van der Waals surface area contributed by atoms with Crippen LogP contribution in [0.1, 0.15) is 36.2 Å². The number of hydrogen-bond acceptors (Lipinski definition) is 5. The summed E-state index contributed by atoms with van der Waals surface area (Å²) < 4.78 is 7.48. The van der Waals surface area contributed by atoms with Crippen molar-refractivity contribution < 1.29 is 4.74 Å². The summed E-state index contributed by atoms with van der Waals surface area (Å²) >= 11 is 1.72. The molecule has 2 aromatic heterocycles. The third-order valence-electron chi connectivity index (χ3n) is 2.96. The number of imidazole rings is 1. The van der Waals surface area contributed by atoms with E-state index in [-0.39, 0.29) is 6.04 Å². The zero-order chi connectivity index (χ0) is 14.4. The van der Waals surface area contributed by atoms with E-state index in [0.29, 0.717) is 0 Å². The average molecular weight is 294 g/mol. The minimum atomic E-state index is 0.168. The van der Waals surface area contributed by atoms with Crippen molar-refractivity contribution in [2.24, 2.45) is 0 Å². The monoisotopic (exact) mass is 294 g/mol. The van der Waals surface area contributed by atoms with Crippen LogP contribution in [0.5, 0.6) is 0 Å². The molecule has 1 N–H and O–H groups in total. The van der Waals surface area contributed by atoms with Gasteiger partial charge in [0.25, 0.3) is 0 Å². The van der Waals surface area contributed by atoms with E-state index < -0.39 is 0 Å².